The fourth-order valence-electron chi connectivity index (χ4n) is 2.18. The maximum atomic E-state index is 13.8. The Labute approximate surface area is 121 Å². The van der Waals surface area contributed by atoms with Gasteiger partial charge in [-0.15, -0.1) is 0 Å². The lowest BCUT2D eigenvalue weighted by atomic mass is 9.86. The molecule has 110 valence electrons. The van der Waals surface area contributed by atoms with Gasteiger partial charge in [-0.25, -0.2) is 9.98 Å². The first kappa shape index (κ1) is 15.2. The van der Waals surface area contributed by atoms with Crippen LogP contribution in [0.25, 0.3) is 0 Å². The number of alkyl halides is 3. The van der Waals surface area contributed by atoms with Gasteiger partial charge in [0.2, 0.25) is 5.95 Å². The van der Waals surface area contributed by atoms with Crippen LogP contribution in [0.5, 0.6) is 0 Å². The van der Waals surface area contributed by atoms with Crippen LogP contribution in [0.4, 0.5) is 17.6 Å². The number of aromatic nitrogens is 1. The highest BCUT2D eigenvalue weighted by Gasteiger charge is 2.49. The lowest BCUT2D eigenvalue weighted by molar-refractivity contribution is -0.208. The standard InChI is InChI=1S/C12H11BrF4N2O/c1-6-19-11(2,4-9(20-6)12(15,16)17)8-3-7(13)5-18-10(8)14/h3,5,9H,4H2,1-2H3/t9-,11-/m0/s1. The second kappa shape index (κ2) is 4.98. The molecule has 0 unspecified atom stereocenters. The summed E-state index contributed by atoms with van der Waals surface area (Å²) in [5, 5.41) is 0. The number of rotatable bonds is 1. The minimum atomic E-state index is -4.53. The molecule has 0 N–H and O–H groups in total. The van der Waals surface area contributed by atoms with Gasteiger partial charge in [0.25, 0.3) is 0 Å². The molecule has 0 bridgehead atoms. The molecule has 0 amide bonds. The first-order valence-corrected chi connectivity index (χ1v) is 6.52. The molecule has 8 heteroatoms. The number of pyridine rings is 1. The van der Waals surface area contributed by atoms with E-state index in [0.717, 1.165) is 0 Å². The van der Waals surface area contributed by atoms with Crippen LogP contribution in [-0.4, -0.2) is 23.2 Å². The predicted molar refractivity (Wildman–Crippen MR) is 67.9 cm³/mol. The highest BCUT2D eigenvalue weighted by Crippen LogP contribution is 2.41. The number of hydrogen-bond donors (Lipinski definition) is 0. The van der Waals surface area contributed by atoms with Crippen LogP contribution in [-0.2, 0) is 10.3 Å². The van der Waals surface area contributed by atoms with E-state index in [4.69, 9.17) is 4.74 Å². The number of nitrogens with zero attached hydrogens (tertiary/aromatic N) is 2. The van der Waals surface area contributed by atoms with Gasteiger partial charge in [-0.3, -0.25) is 0 Å². The largest absolute Gasteiger partial charge is 0.468 e. The molecule has 0 fully saturated rings. The molecular formula is C12H11BrF4N2O. The Bertz CT molecular complexity index is 561. The van der Waals surface area contributed by atoms with Gasteiger partial charge >= 0.3 is 6.18 Å². The van der Waals surface area contributed by atoms with E-state index < -0.39 is 30.2 Å². The topological polar surface area (TPSA) is 34.5 Å². The Morgan fingerprint density at radius 2 is 2.10 bits per heavy atom. The van der Waals surface area contributed by atoms with Gasteiger partial charge in [-0.05, 0) is 28.9 Å². The number of hydrogen-bond acceptors (Lipinski definition) is 3. The van der Waals surface area contributed by atoms with Crippen LogP contribution in [0.2, 0.25) is 0 Å². The summed E-state index contributed by atoms with van der Waals surface area (Å²) in [6.45, 7) is 2.75. The summed E-state index contributed by atoms with van der Waals surface area (Å²) in [6, 6.07) is 1.39. The molecule has 2 atom stereocenters. The maximum Gasteiger partial charge on any atom is 0.425 e. The molecular weight excluding hydrogens is 344 g/mol. The Kier molecular flexibility index (Phi) is 3.79. The summed E-state index contributed by atoms with van der Waals surface area (Å²) >= 11 is 3.13. The lowest BCUT2D eigenvalue weighted by Gasteiger charge is -2.36. The second-order valence-corrected chi connectivity index (χ2v) is 5.66. The van der Waals surface area contributed by atoms with Crippen molar-refractivity contribution in [1.82, 2.24) is 4.98 Å². The van der Waals surface area contributed by atoms with Crippen molar-refractivity contribution in [3.8, 4) is 0 Å². The molecule has 0 saturated carbocycles. The van der Waals surface area contributed by atoms with E-state index in [-0.39, 0.29) is 11.5 Å². The molecule has 1 aromatic rings. The zero-order chi connectivity index (χ0) is 15.1. The molecule has 1 aliphatic heterocycles. The van der Waals surface area contributed by atoms with Crippen molar-refractivity contribution in [3.05, 3.63) is 28.2 Å². The minimum Gasteiger partial charge on any atom is -0.468 e. The van der Waals surface area contributed by atoms with E-state index in [1.165, 1.54) is 26.1 Å². The van der Waals surface area contributed by atoms with E-state index in [0.29, 0.717) is 4.47 Å². The van der Waals surface area contributed by atoms with E-state index in [2.05, 4.69) is 25.9 Å². The van der Waals surface area contributed by atoms with Crippen molar-refractivity contribution in [2.45, 2.75) is 38.1 Å². The SMILES string of the molecule is CC1=N[C@](C)(c2cc(Br)cnc2F)C[C@@H](C(F)(F)F)O1. The zero-order valence-corrected chi connectivity index (χ0v) is 12.2. The van der Waals surface area contributed by atoms with Gasteiger partial charge in [-0.1, -0.05) is 0 Å². The average molecular weight is 355 g/mol. The van der Waals surface area contributed by atoms with Gasteiger partial charge in [-0.2, -0.15) is 17.6 Å². The molecule has 0 aliphatic carbocycles. The smallest absolute Gasteiger partial charge is 0.425 e. The molecule has 1 aliphatic rings. The molecule has 0 aromatic carbocycles. The highest BCUT2D eigenvalue weighted by atomic mass is 79.9. The Morgan fingerprint density at radius 1 is 1.45 bits per heavy atom. The van der Waals surface area contributed by atoms with Crippen molar-refractivity contribution in [3.63, 3.8) is 0 Å². The number of ether oxygens (including phenoxy) is 1. The molecule has 0 saturated heterocycles. The van der Waals surface area contributed by atoms with Gasteiger partial charge in [0.15, 0.2) is 12.0 Å². The monoisotopic (exact) mass is 354 g/mol. The first-order valence-electron chi connectivity index (χ1n) is 5.73. The number of aliphatic imine (C=N–C) groups is 1. The van der Waals surface area contributed by atoms with E-state index in [1.807, 2.05) is 0 Å². The van der Waals surface area contributed by atoms with Crippen molar-refractivity contribution < 1.29 is 22.3 Å². The molecule has 2 rings (SSSR count). The van der Waals surface area contributed by atoms with Crippen LogP contribution in [0.3, 0.4) is 0 Å². The van der Waals surface area contributed by atoms with Crippen LogP contribution in [0.15, 0.2) is 21.7 Å². The molecule has 1 aromatic heterocycles. The first-order chi connectivity index (χ1) is 9.12. The van der Waals surface area contributed by atoms with Gasteiger partial charge in [0, 0.05) is 29.6 Å². The maximum absolute atomic E-state index is 13.8. The number of halogens is 5. The quantitative estimate of drug-likeness (QED) is 0.564. The predicted octanol–water partition coefficient (Wildman–Crippen LogP) is 3.97. The van der Waals surface area contributed by atoms with E-state index in [1.54, 1.807) is 0 Å². The van der Waals surface area contributed by atoms with Crippen LogP contribution in [0.1, 0.15) is 25.8 Å². The Hall–Kier alpha value is -1.18. The zero-order valence-electron chi connectivity index (χ0n) is 10.6. The van der Waals surface area contributed by atoms with Gasteiger partial charge < -0.3 is 4.74 Å². The molecule has 0 spiro atoms. The average Bonchev–Trinajstić information content (AvgIpc) is 2.30. The van der Waals surface area contributed by atoms with Crippen LogP contribution >= 0.6 is 15.9 Å². The lowest BCUT2D eigenvalue weighted by Crippen LogP contribution is -2.43. The van der Waals surface area contributed by atoms with Crippen LogP contribution in [0, 0.1) is 5.95 Å². The highest BCUT2D eigenvalue weighted by molar-refractivity contribution is 9.10. The summed E-state index contributed by atoms with van der Waals surface area (Å²) in [5.74, 6) is -0.962. The van der Waals surface area contributed by atoms with Gasteiger partial charge in [0.05, 0.1) is 5.54 Å². The Morgan fingerprint density at radius 3 is 2.70 bits per heavy atom. The third kappa shape index (κ3) is 2.94. The van der Waals surface area contributed by atoms with Crippen LogP contribution < -0.4 is 0 Å². The third-order valence-corrected chi connectivity index (χ3v) is 3.48. The van der Waals surface area contributed by atoms with E-state index >= 15 is 0 Å². The van der Waals surface area contributed by atoms with Gasteiger partial charge in [0.1, 0.15) is 0 Å². The van der Waals surface area contributed by atoms with Crippen molar-refractivity contribution in [2.24, 2.45) is 4.99 Å². The summed E-state index contributed by atoms with van der Waals surface area (Å²) in [5.41, 5.74) is -1.37. The van der Waals surface area contributed by atoms with Crippen molar-refractivity contribution in [1.29, 1.82) is 0 Å². The molecule has 3 nitrogen and oxygen atoms in total. The summed E-state index contributed by atoms with van der Waals surface area (Å²) in [7, 11) is 0. The Balaban J connectivity index is 2.48. The second-order valence-electron chi connectivity index (χ2n) is 4.75. The normalized spacial score (nSPS) is 26.9. The summed E-state index contributed by atoms with van der Waals surface area (Å²) in [6.07, 6.45) is -5.81. The van der Waals surface area contributed by atoms with Crippen molar-refractivity contribution in [2.75, 3.05) is 0 Å². The summed E-state index contributed by atoms with van der Waals surface area (Å²) < 4.78 is 57.6. The molecule has 2 heterocycles. The molecule has 0 radical (unpaired) electrons. The molecule has 20 heavy (non-hydrogen) atoms. The fourth-order valence-corrected chi connectivity index (χ4v) is 2.51. The third-order valence-electron chi connectivity index (χ3n) is 3.05. The summed E-state index contributed by atoms with van der Waals surface area (Å²) in [4.78, 5) is 7.55. The van der Waals surface area contributed by atoms with E-state index in [9.17, 15) is 17.6 Å². The minimum absolute atomic E-state index is 0.00350. The fraction of sp³-hybridized carbons (Fsp3) is 0.500. The van der Waals surface area contributed by atoms with Crippen molar-refractivity contribution >= 4 is 21.8 Å².